The van der Waals surface area contributed by atoms with E-state index in [2.05, 4.69) is 32.9 Å². The summed E-state index contributed by atoms with van der Waals surface area (Å²) in [5.41, 5.74) is 1.14. The van der Waals surface area contributed by atoms with Crippen molar-refractivity contribution in [3.8, 4) is 11.5 Å². The van der Waals surface area contributed by atoms with Crippen LogP contribution in [0.4, 0.5) is 0 Å². The summed E-state index contributed by atoms with van der Waals surface area (Å²) >= 11 is 0. The lowest BCUT2D eigenvalue weighted by Crippen LogP contribution is -2.02. The molecule has 0 amide bonds. The summed E-state index contributed by atoms with van der Waals surface area (Å²) in [6.07, 6.45) is 15.5. The van der Waals surface area contributed by atoms with Gasteiger partial charge >= 0.3 is 0 Å². The fourth-order valence-electron chi connectivity index (χ4n) is 3.04. The zero-order valence-corrected chi connectivity index (χ0v) is 16.9. The third-order valence-electron chi connectivity index (χ3n) is 4.75. The van der Waals surface area contributed by atoms with Crippen LogP contribution >= 0.6 is 0 Å². The summed E-state index contributed by atoms with van der Waals surface area (Å²) in [4.78, 5) is 0. The average Bonchev–Trinajstić information content (AvgIpc) is 2.62. The van der Waals surface area contributed by atoms with Crippen LogP contribution in [0.2, 0.25) is 0 Å². The maximum Gasteiger partial charge on any atom is 0.125 e. The van der Waals surface area contributed by atoms with Gasteiger partial charge in [-0.05, 0) is 31.9 Å². The van der Waals surface area contributed by atoms with Gasteiger partial charge < -0.3 is 9.47 Å². The summed E-state index contributed by atoms with van der Waals surface area (Å²) in [7, 11) is 0. The molecule has 0 aliphatic rings. The molecule has 2 heteroatoms. The molecule has 2 nitrogen and oxygen atoms in total. The van der Waals surface area contributed by atoms with E-state index in [1.165, 1.54) is 64.2 Å². The highest BCUT2D eigenvalue weighted by Gasteiger charge is 2.06. The minimum atomic E-state index is 0.813. The molecule has 0 fully saturated rings. The largest absolute Gasteiger partial charge is 0.493 e. The molecule has 0 spiro atoms. The van der Waals surface area contributed by atoms with Crippen LogP contribution in [-0.2, 0) is 0 Å². The summed E-state index contributed by atoms with van der Waals surface area (Å²) in [5, 5.41) is 0. The molecule has 0 radical (unpaired) electrons. The molecule has 1 aromatic rings. The van der Waals surface area contributed by atoms with E-state index in [0.29, 0.717) is 0 Å². The smallest absolute Gasteiger partial charge is 0.125 e. The number of unbranched alkanes of at least 4 members (excludes halogenated alkanes) is 10. The molecule has 0 aliphatic carbocycles. The first kappa shape index (κ1) is 21.9. The van der Waals surface area contributed by atoms with Crippen LogP contribution in [-0.4, -0.2) is 13.2 Å². The summed E-state index contributed by atoms with van der Waals surface area (Å²) < 4.78 is 12.0. The van der Waals surface area contributed by atoms with Crippen LogP contribution in [0.5, 0.6) is 11.5 Å². The van der Waals surface area contributed by atoms with Crippen LogP contribution in [0, 0.1) is 6.92 Å². The molecule has 0 saturated carbocycles. The SMILES string of the molecule is CCCCCCCCOc1cccc(OCCCCCCCC)c1C. The van der Waals surface area contributed by atoms with Gasteiger partial charge in [-0.1, -0.05) is 84.1 Å². The van der Waals surface area contributed by atoms with E-state index >= 15 is 0 Å². The number of hydrogen-bond donors (Lipinski definition) is 0. The third-order valence-corrected chi connectivity index (χ3v) is 4.75. The highest BCUT2D eigenvalue weighted by atomic mass is 16.5. The summed E-state index contributed by atoms with van der Waals surface area (Å²) in [5.74, 6) is 1.96. The van der Waals surface area contributed by atoms with Gasteiger partial charge in [-0.2, -0.15) is 0 Å². The first-order chi connectivity index (χ1) is 12.3. The Kier molecular flexibility index (Phi) is 13.2. The van der Waals surface area contributed by atoms with Crippen molar-refractivity contribution < 1.29 is 9.47 Å². The Morgan fingerprint density at radius 2 is 1.00 bits per heavy atom. The van der Waals surface area contributed by atoms with Gasteiger partial charge in [-0.25, -0.2) is 0 Å². The molecule has 144 valence electrons. The highest BCUT2D eigenvalue weighted by Crippen LogP contribution is 2.28. The molecular weight excluding hydrogens is 308 g/mol. The van der Waals surface area contributed by atoms with Crippen molar-refractivity contribution in [2.24, 2.45) is 0 Å². The molecule has 1 rings (SSSR count). The predicted octanol–water partition coefficient (Wildman–Crippen LogP) is 7.47. The third kappa shape index (κ3) is 10.4. The van der Waals surface area contributed by atoms with Gasteiger partial charge in [0.1, 0.15) is 11.5 Å². The topological polar surface area (TPSA) is 18.5 Å². The Hall–Kier alpha value is -1.18. The normalized spacial score (nSPS) is 10.8. The maximum atomic E-state index is 5.98. The van der Waals surface area contributed by atoms with E-state index in [-0.39, 0.29) is 0 Å². The first-order valence-electron chi connectivity index (χ1n) is 10.6. The standard InChI is InChI=1S/C23H40O2/c1-4-6-8-10-12-14-19-24-22-17-16-18-23(21(22)3)25-20-15-13-11-9-7-5-2/h16-18H,4-15,19-20H2,1-3H3. The second-order valence-corrected chi connectivity index (χ2v) is 7.11. The lowest BCUT2D eigenvalue weighted by molar-refractivity contribution is 0.286. The van der Waals surface area contributed by atoms with E-state index in [1.54, 1.807) is 0 Å². The van der Waals surface area contributed by atoms with Crippen LogP contribution in [0.1, 0.15) is 96.5 Å². The lowest BCUT2D eigenvalue weighted by Gasteiger charge is -2.14. The Balaban J connectivity index is 2.21. The van der Waals surface area contributed by atoms with Crippen molar-refractivity contribution in [2.75, 3.05) is 13.2 Å². The number of benzene rings is 1. The van der Waals surface area contributed by atoms with Gasteiger partial charge in [0, 0.05) is 5.56 Å². The van der Waals surface area contributed by atoms with Gasteiger partial charge in [-0.3, -0.25) is 0 Å². The second kappa shape index (κ2) is 15.1. The molecule has 25 heavy (non-hydrogen) atoms. The predicted molar refractivity (Wildman–Crippen MR) is 109 cm³/mol. The van der Waals surface area contributed by atoms with E-state index in [1.807, 2.05) is 6.07 Å². The summed E-state index contributed by atoms with van der Waals surface area (Å²) in [6.45, 7) is 8.25. The fourth-order valence-corrected chi connectivity index (χ4v) is 3.04. The van der Waals surface area contributed by atoms with Crippen LogP contribution in [0.15, 0.2) is 18.2 Å². The van der Waals surface area contributed by atoms with E-state index in [9.17, 15) is 0 Å². The number of ether oxygens (including phenoxy) is 2. The highest BCUT2D eigenvalue weighted by molar-refractivity contribution is 5.43. The quantitative estimate of drug-likeness (QED) is 0.288. The fraction of sp³-hybridized carbons (Fsp3) is 0.739. The monoisotopic (exact) mass is 348 g/mol. The van der Waals surface area contributed by atoms with Gasteiger partial charge in [0.05, 0.1) is 13.2 Å². The molecule has 0 atom stereocenters. The Labute approximate surface area is 156 Å². The molecule has 0 N–H and O–H groups in total. The van der Waals surface area contributed by atoms with Crippen molar-refractivity contribution in [1.82, 2.24) is 0 Å². The van der Waals surface area contributed by atoms with Crippen molar-refractivity contribution in [2.45, 2.75) is 97.8 Å². The number of hydrogen-bond acceptors (Lipinski definition) is 2. The van der Waals surface area contributed by atoms with Gasteiger partial charge in [0.2, 0.25) is 0 Å². The lowest BCUT2D eigenvalue weighted by atomic mass is 10.1. The van der Waals surface area contributed by atoms with Gasteiger partial charge in [0.15, 0.2) is 0 Å². The molecule has 0 aliphatic heterocycles. The summed E-state index contributed by atoms with van der Waals surface area (Å²) in [6, 6.07) is 6.16. The van der Waals surface area contributed by atoms with Crippen molar-refractivity contribution in [3.63, 3.8) is 0 Å². The maximum absolute atomic E-state index is 5.98. The zero-order chi connectivity index (χ0) is 18.2. The second-order valence-electron chi connectivity index (χ2n) is 7.11. The molecule has 1 aromatic carbocycles. The van der Waals surface area contributed by atoms with Crippen molar-refractivity contribution >= 4 is 0 Å². The van der Waals surface area contributed by atoms with Gasteiger partial charge in [0.25, 0.3) is 0 Å². The van der Waals surface area contributed by atoms with E-state index in [0.717, 1.165) is 43.1 Å². The minimum Gasteiger partial charge on any atom is -0.493 e. The van der Waals surface area contributed by atoms with Crippen LogP contribution < -0.4 is 9.47 Å². The van der Waals surface area contributed by atoms with Crippen LogP contribution in [0.25, 0.3) is 0 Å². The van der Waals surface area contributed by atoms with Crippen LogP contribution in [0.3, 0.4) is 0 Å². The molecule has 0 saturated heterocycles. The number of rotatable bonds is 16. The molecule has 0 heterocycles. The molecular formula is C23H40O2. The van der Waals surface area contributed by atoms with E-state index < -0.39 is 0 Å². The Morgan fingerprint density at radius 3 is 1.44 bits per heavy atom. The van der Waals surface area contributed by atoms with E-state index in [4.69, 9.17) is 9.47 Å². The Morgan fingerprint density at radius 1 is 0.600 bits per heavy atom. The first-order valence-corrected chi connectivity index (χ1v) is 10.6. The molecule has 0 aromatic heterocycles. The molecule has 0 bridgehead atoms. The van der Waals surface area contributed by atoms with Crippen molar-refractivity contribution in [1.29, 1.82) is 0 Å². The Bertz CT molecular complexity index is 392. The van der Waals surface area contributed by atoms with Gasteiger partial charge in [-0.15, -0.1) is 0 Å². The zero-order valence-electron chi connectivity index (χ0n) is 16.9. The van der Waals surface area contributed by atoms with Crippen molar-refractivity contribution in [3.05, 3.63) is 23.8 Å². The minimum absolute atomic E-state index is 0.813. The average molecular weight is 349 g/mol. The molecule has 0 unspecified atom stereocenters.